The average Bonchev–Trinajstić information content (AvgIpc) is 3.39. The average molecular weight is 415 g/mol. The highest BCUT2D eigenvalue weighted by Gasteiger charge is 2.18. The Morgan fingerprint density at radius 1 is 1.14 bits per heavy atom. The van der Waals surface area contributed by atoms with Gasteiger partial charge in [0.05, 0.1) is 17.1 Å². The first-order chi connectivity index (χ1) is 13.9. The molecule has 0 unspecified atom stereocenters. The van der Waals surface area contributed by atoms with Crippen LogP contribution in [0.15, 0.2) is 47.8 Å². The summed E-state index contributed by atoms with van der Waals surface area (Å²) >= 11 is 1.36. The Kier molecular flexibility index (Phi) is 6.77. The minimum Gasteiger partial charge on any atom is -0.344 e. The summed E-state index contributed by atoms with van der Waals surface area (Å²) in [6.07, 6.45) is 1.46. The number of nitrogens with zero attached hydrogens (tertiary/aromatic N) is 3. The number of aromatic amines is 1. The molecule has 2 amide bonds. The monoisotopic (exact) mass is 414 g/mol. The van der Waals surface area contributed by atoms with E-state index >= 15 is 0 Å². The molecule has 0 aliphatic rings. The first-order valence-corrected chi connectivity index (χ1v) is 10.1. The molecule has 3 aromatic rings. The molecule has 0 atom stereocenters. The first-order valence-electron chi connectivity index (χ1n) is 9.27. The van der Waals surface area contributed by atoms with Gasteiger partial charge in [-0.15, -0.1) is 11.3 Å². The van der Waals surface area contributed by atoms with Crippen LogP contribution in [0.5, 0.6) is 0 Å². The number of benzene rings is 1. The quantitative estimate of drug-likeness (QED) is 0.614. The number of hydrogen-bond donors (Lipinski definition) is 1. The zero-order valence-electron chi connectivity index (χ0n) is 16.4. The maximum Gasteiger partial charge on any atom is 0.264 e. The molecule has 0 radical (unpaired) electrons. The van der Waals surface area contributed by atoms with E-state index in [1.54, 1.807) is 31.1 Å². The summed E-state index contributed by atoms with van der Waals surface area (Å²) in [5.41, 5.74) is 2.34. The minimum atomic E-state index is -0.297. The third kappa shape index (κ3) is 5.51. The summed E-state index contributed by atoms with van der Waals surface area (Å²) in [5.74, 6) is -0.554. The Balaban J connectivity index is 1.45. The number of hydrogen-bond acceptors (Lipinski definition) is 4. The van der Waals surface area contributed by atoms with Gasteiger partial charge in [-0.3, -0.25) is 14.7 Å². The topological polar surface area (TPSA) is 69.3 Å². The highest BCUT2D eigenvalue weighted by molar-refractivity contribution is 7.12. The van der Waals surface area contributed by atoms with E-state index in [0.717, 1.165) is 17.7 Å². The van der Waals surface area contributed by atoms with Crippen LogP contribution < -0.4 is 0 Å². The van der Waals surface area contributed by atoms with Crippen molar-refractivity contribution in [3.05, 3.63) is 64.2 Å². The standard InChI is InChI=1S/C21H23FN4O2S/c1-25(20(27)14-26(2)21(28)19-9-5-11-29-19)10-4-8-17-13-18(24-23-17)15-6-3-7-16(22)12-15/h3,5-7,9,11-13H,4,8,10,14H2,1-2H3,(H,23,24). The van der Waals surface area contributed by atoms with Gasteiger partial charge in [0.25, 0.3) is 5.91 Å². The Labute approximate surface area is 173 Å². The largest absolute Gasteiger partial charge is 0.344 e. The van der Waals surface area contributed by atoms with E-state index < -0.39 is 0 Å². The van der Waals surface area contributed by atoms with Crippen molar-refractivity contribution in [3.8, 4) is 11.3 Å². The second-order valence-electron chi connectivity index (χ2n) is 6.85. The molecule has 152 valence electrons. The van der Waals surface area contributed by atoms with Gasteiger partial charge in [-0.1, -0.05) is 18.2 Å². The molecule has 8 heteroatoms. The van der Waals surface area contributed by atoms with Crippen molar-refractivity contribution in [2.45, 2.75) is 12.8 Å². The number of amides is 2. The van der Waals surface area contributed by atoms with E-state index in [0.29, 0.717) is 23.5 Å². The van der Waals surface area contributed by atoms with Crippen LogP contribution in [0.25, 0.3) is 11.3 Å². The SMILES string of the molecule is CN(CCCc1cc(-c2cccc(F)c2)n[nH]1)C(=O)CN(C)C(=O)c1cccs1. The number of carbonyl (C=O) groups excluding carboxylic acids is 2. The summed E-state index contributed by atoms with van der Waals surface area (Å²) in [6, 6.07) is 11.8. The fourth-order valence-corrected chi connectivity index (χ4v) is 3.62. The number of likely N-dealkylation sites (N-methyl/N-ethyl adjacent to an activating group) is 2. The van der Waals surface area contributed by atoms with Gasteiger partial charge in [-0.2, -0.15) is 5.10 Å². The third-order valence-electron chi connectivity index (χ3n) is 4.57. The third-order valence-corrected chi connectivity index (χ3v) is 5.43. The Morgan fingerprint density at radius 3 is 2.69 bits per heavy atom. The summed E-state index contributed by atoms with van der Waals surface area (Å²) in [5, 5.41) is 9.03. The summed E-state index contributed by atoms with van der Waals surface area (Å²) in [4.78, 5) is 28.3. The van der Waals surface area contributed by atoms with Crippen LogP contribution in [0.1, 0.15) is 21.8 Å². The van der Waals surface area contributed by atoms with Crippen molar-refractivity contribution >= 4 is 23.2 Å². The predicted octanol–water partition coefficient (Wildman–Crippen LogP) is 3.44. The van der Waals surface area contributed by atoms with Crippen LogP contribution >= 0.6 is 11.3 Å². The van der Waals surface area contributed by atoms with Crippen LogP contribution in [0.4, 0.5) is 4.39 Å². The molecule has 29 heavy (non-hydrogen) atoms. The molecule has 2 aromatic heterocycles. The number of thiophene rings is 1. The van der Waals surface area contributed by atoms with E-state index in [4.69, 9.17) is 0 Å². The summed E-state index contributed by atoms with van der Waals surface area (Å²) in [7, 11) is 3.36. The molecule has 6 nitrogen and oxygen atoms in total. The van der Waals surface area contributed by atoms with E-state index in [1.807, 2.05) is 23.6 Å². The molecule has 0 saturated heterocycles. The number of halogens is 1. The lowest BCUT2D eigenvalue weighted by molar-refractivity contribution is -0.130. The number of rotatable bonds is 8. The Bertz CT molecular complexity index is 971. The van der Waals surface area contributed by atoms with Crippen LogP contribution in [-0.2, 0) is 11.2 Å². The molecule has 0 aliphatic heterocycles. The number of aromatic nitrogens is 2. The predicted molar refractivity (Wildman–Crippen MR) is 111 cm³/mol. The van der Waals surface area contributed by atoms with Crippen molar-refractivity contribution in [1.29, 1.82) is 0 Å². The molecular formula is C21H23FN4O2S. The fourth-order valence-electron chi connectivity index (χ4n) is 2.90. The zero-order chi connectivity index (χ0) is 20.8. The van der Waals surface area contributed by atoms with E-state index in [-0.39, 0.29) is 24.2 Å². The number of carbonyl (C=O) groups is 2. The van der Waals surface area contributed by atoms with Crippen LogP contribution in [0.3, 0.4) is 0 Å². The Morgan fingerprint density at radius 2 is 1.97 bits per heavy atom. The van der Waals surface area contributed by atoms with Crippen LogP contribution in [0.2, 0.25) is 0 Å². The van der Waals surface area contributed by atoms with Gasteiger partial charge in [0, 0.05) is 31.9 Å². The van der Waals surface area contributed by atoms with E-state index in [9.17, 15) is 14.0 Å². The maximum atomic E-state index is 13.3. The molecular weight excluding hydrogens is 391 g/mol. The number of aryl methyl sites for hydroxylation is 1. The fraction of sp³-hybridized carbons (Fsp3) is 0.286. The van der Waals surface area contributed by atoms with E-state index in [2.05, 4.69) is 10.2 Å². The van der Waals surface area contributed by atoms with Crippen LogP contribution in [-0.4, -0.2) is 59.0 Å². The van der Waals surface area contributed by atoms with Gasteiger partial charge in [-0.25, -0.2) is 4.39 Å². The molecule has 1 aromatic carbocycles. The summed E-state index contributed by atoms with van der Waals surface area (Å²) < 4.78 is 13.3. The van der Waals surface area contributed by atoms with Crippen molar-refractivity contribution in [1.82, 2.24) is 20.0 Å². The molecule has 0 fully saturated rings. The van der Waals surface area contributed by atoms with Gasteiger partial charge in [0.15, 0.2) is 0 Å². The normalized spacial score (nSPS) is 10.7. The van der Waals surface area contributed by atoms with Gasteiger partial charge < -0.3 is 9.80 Å². The number of nitrogens with one attached hydrogen (secondary N) is 1. The highest BCUT2D eigenvalue weighted by Crippen LogP contribution is 2.19. The lowest BCUT2D eigenvalue weighted by atomic mass is 10.1. The Hall–Kier alpha value is -3.00. The van der Waals surface area contributed by atoms with Crippen molar-refractivity contribution in [2.24, 2.45) is 0 Å². The van der Waals surface area contributed by atoms with Crippen molar-refractivity contribution < 1.29 is 14.0 Å². The second-order valence-corrected chi connectivity index (χ2v) is 7.79. The molecule has 0 spiro atoms. The molecule has 0 bridgehead atoms. The van der Waals surface area contributed by atoms with Gasteiger partial charge in [0.2, 0.25) is 5.91 Å². The maximum absolute atomic E-state index is 13.3. The molecule has 2 heterocycles. The van der Waals surface area contributed by atoms with Crippen LogP contribution in [0, 0.1) is 5.82 Å². The lowest BCUT2D eigenvalue weighted by Crippen LogP contribution is -2.39. The molecule has 3 rings (SSSR count). The zero-order valence-corrected chi connectivity index (χ0v) is 17.2. The second kappa shape index (κ2) is 9.47. The molecule has 0 saturated carbocycles. The van der Waals surface area contributed by atoms with E-state index in [1.165, 1.54) is 28.4 Å². The smallest absolute Gasteiger partial charge is 0.264 e. The highest BCUT2D eigenvalue weighted by atomic mass is 32.1. The molecule has 1 N–H and O–H groups in total. The first kappa shape index (κ1) is 20.7. The van der Waals surface area contributed by atoms with Crippen molar-refractivity contribution in [2.75, 3.05) is 27.2 Å². The number of H-pyrrole nitrogens is 1. The molecule has 0 aliphatic carbocycles. The van der Waals surface area contributed by atoms with Crippen molar-refractivity contribution in [3.63, 3.8) is 0 Å². The van der Waals surface area contributed by atoms with Gasteiger partial charge >= 0.3 is 0 Å². The van der Waals surface area contributed by atoms with Gasteiger partial charge in [0.1, 0.15) is 5.82 Å². The minimum absolute atomic E-state index is 0.0427. The summed E-state index contributed by atoms with van der Waals surface area (Å²) in [6.45, 7) is 0.606. The van der Waals surface area contributed by atoms with Gasteiger partial charge in [-0.05, 0) is 42.5 Å². The lowest BCUT2D eigenvalue weighted by Gasteiger charge is -2.21.